The maximum atomic E-state index is 12.3. The number of carbonyl (C=O) groups excluding carboxylic acids is 1. The summed E-state index contributed by atoms with van der Waals surface area (Å²) in [6, 6.07) is 8.04. The van der Waals surface area contributed by atoms with Gasteiger partial charge in [0.25, 0.3) is 5.91 Å². The molecule has 1 aliphatic rings. The molecular formula is C19H31ClN2O2. The molecule has 1 heterocycles. The van der Waals surface area contributed by atoms with Gasteiger partial charge in [-0.3, -0.25) is 4.79 Å². The van der Waals surface area contributed by atoms with Gasteiger partial charge in [0.1, 0.15) is 5.75 Å². The third-order valence-electron chi connectivity index (χ3n) is 4.68. The second kappa shape index (κ2) is 10.6. The maximum Gasteiger partial charge on any atom is 0.260 e. The summed E-state index contributed by atoms with van der Waals surface area (Å²) >= 11 is 0. The minimum Gasteiger partial charge on any atom is -0.484 e. The Labute approximate surface area is 152 Å². The minimum atomic E-state index is 0. The van der Waals surface area contributed by atoms with Crippen LogP contribution in [0.15, 0.2) is 24.3 Å². The molecule has 0 atom stereocenters. The fourth-order valence-corrected chi connectivity index (χ4v) is 3.00. The topological polar surface area (TPSA) is 41.6 Å². The van der Waals surface area contributed by atoms with Crippen LogP contribution in [0.4, 0.5) is 0 Å². The molecule has 0 saturated carbocycles. The highest BCUT2D eigenvalue weighted by atomic mass is 35.5. The molecule has 5 heteroatoms. The average Bonchev–Trinajstić information content (AvgIpc) is 2.58. The number of hydrogen-bond donors (Lipinski definition) is 1. The van der Waals surface area contributed by atoms with Crippen molar-refractivity contribution in [3.8, 4) is 5.75 Å². The molecule has 1 aliphatic heterocycles. The lowest BCUT2D eigenvalue weighted by Gasteiger charge is -2.32. The lowest BCUT2D eigenvalue weighted by molar-refractivity contribution is -0.134. The number of ether oxygens (including phenoxy) is 1. The molecule has 1 amide bonds. The molecule has 0 aromatic heterocycles. The van der Waals surface area contributed by atoms with Gasteiger partial charge in [0.2, 0.25) is 0 Å². The van der Waals surface area contributed by atoms with Crippen LogP contribution >= 0.6 is 12.4 Å². The molecule has 24 heavy (non-hydrogen) atoms. The van der Waals surface area contributed by atoms with E-state index in [2.05, 4.69) is 31.3 Å². The standard InChI is InChI=1S/C19H30N2O2.ClH/c1-15(2)17-4-6-18(7-5-17)23-14-19(22)21-12-9-16(10-13-21)8-11-20-3;/h4-7,15-16,20H,8-14H2,1-3H3;1H. The van der Waals surface area contributed by atoms with E-state index in [0.717, 1.165) is 44.1 Å². The predicted octanol–water partition coefficient (Wildman–Crippen LogP) is 3.46. The summed E-state index contributed by atoms with van der Waals surface area (Å²) in [5.41, 5.74) is 1.28. The summed E-state index contributed by atoms with van der Waals surface area (Å²) in [6.07, 6.45) is 3.42. The normalized spacial score (nSPS) is 15.2. The van der Waals surface area contributed by atoms with Crippen LogP contribution in [0, 0.1) is 5.92 Å². The molecule has 0 spiro atoms. The lowest BCUT2D eigenvalue weighted by Crippen LogP contribution is -2.41. The van der Waals surface area contributed by atoms with Gasteiger partial charge in [-0.2, -0.15) is 0 Å². The third-order valence-corrected chi connectivity index (χ3v) is 4.68. The Kier molecular flexibility index (Phi) is 9.16. The van der Waals surface area contributed by atoms with Crippen LogP contribution in [-0.4, -0.2) is 44.1 Å². The largest absolute Gasteiger partial charge is 0.484 e. The minimum absolute atomic E-state index is 0. The zero-order valence-electron chi connectivity index (χ0n) is 15.1. The van der Waals surface area contributed by atoms with E-state index < -0.39 is 0 Å². The van der Waals surface area contributed by atoms with Crippen molar-refractivity contribution in [1.82, 2.24) is 10.2 Å². The van der Waals surface area contributed by atoms with Crippen LogP contribution in [0.3, 0.4) is 0 Å². The molecule has 1 aromatic rings. The van der Waals surface area contributed by atoms with Gasteiger partial charge in [-0.05, 0) is 62.4 Å². The van der Waals surface area contributed by atoms with E-state index >= 15 is 0 Å². The Bertz CT molecular complexity index is 483. The van der Waals surface area contributed by atoms with Gasteiger partial charge in [0, 0.05) is 13.1 Å². The van der Waals surface area contributed by atoms with Crippen LogP contribution in [-0.2, 0) is 4.79 Å². The number of benzene rings is 1. The summed E-state index contributed by atoms with van der Waals surface area (Å²) < 4.78 is 5.65. The third kappa shape index (κ3) is 6.33. The number of piperidine rings is 1. The van der Waals surface area contributed by atoms with Crippen molar-refractivity contribution < 1.29 is 9.53 Å². The van der Waals surface area contributed by atoms with Crippen molar-refractivity contribution in [3.05, 3.63) is 29.8 Å². The van der Waals surface area contributed by atoms with Gasteiger partial charge in [-0.25, -0.2) is 0 Å². The molecule has 0 bridgehead atoms. The molecule has 136 valence electrons. The second-order valence-corrected chi connectivity index (χ2v) is 6.73. The summed E-state index contributed by atoms with van der Waals surface area (Å²) in [6.45, 7) is 7.27. The molecule has 1 fully saturated rings. The van der Waals surface area contributed by atoms with Crippen molar-refractivity contribution in [2.75, 3.05) is 33.3 Å². The molecule has 4 nitrogen and oxygen atoms in total. The van der Waals surface area contributed by atoms with Crippen molar-refractivity contribution in [2.24, 2.45) is 5.92 Å². The van der Waals surface area contributed by atoms with E-state index in [0.29, 0.717) is 5.92 Å². The lowest BCUT2D eigenvalue weighted by atomic mass is 9.93. The Morgan fingerprint density at radius 3 is 2.42 bits per heavy atom. The SMILES string of the molecule is CNCCC1CCN(C(=O)COc2ccc(C(C)C)cc2)CC1.Cl. The van der Waals surface area contributed by atoms with Crippen LogP contribution < -0.4 is 10.1 Å². The van der Waals surface area contributed by atoms with Crippen molar-refractivity contribution in [1.29, 1.82) is 0 Å². The average molecular weight is 355 g/mol. The van der Waals surface area contributed by atoms with E-state index in [9.17, 15) is 4.79 Å². The molecule has 0 aliphatic carbocycles. The van der Waals surface area contributed by atoms with Gasteiger partial charge in [0.05, 0.1) is 0 Å². The zero-order chi connectivity index (χ0) is 16.7. The Hall–Kier alpha value is -1.26. The Morgan fingerprint density at radius 2 is 1.88 bits per heavy atom. The summed E-state index contributed by atoms with van der Waals surface area (Å²) in [7, 11) is 1.99. The van der Waals surface area contributed by atoms with Crippen molar-refractivity contribution >= 4 is 18.3 Å². The first-order valence-electron chi connectivity index (χ1n) is 8.75. The summed E-state index contributed by atoms with van der Waals surface area (Å²) in [5.74, 6) is 2.13. The van der Waals surface area contributed by atoms with E-state index in [4.69, 9.17) is 4.74 Å². The molecule has 1 N–H and O–H groups in total. The molecule has 0 unspecified atom stereocenters. The van der Waals surface area contributed by atoms with Crippen molar-refractivity contribution in [3.63, 3.8) is 0 Å². The van der Waals surface area contributed by atoms with Gasteiger partial charge in [-0.15, -0.1) is 12.4 Å². The van der Waals surface area contributed by atoms with Crippen LogP contribution in [0.5, 0.6) is 5.75 Å². The highest BCUT2D eigenvalue weighted by molar-refractivity contribution is 5.85. The highest BCUT2D eigenvalue weighted by Crippen LogP contribution is 2.21. The Balaban J connectivity index is 0.00000288. The molecular weight excluding hydrogens is 324 g/mol. The molecule has 1 aromatic carbocycles. The number of halogens is 1. The van der Waals surface area contributed by atoms with E-state index in [1.54, 1.807) is 0 Å². The number of hydrogen-bond acceptors (Lipinski definition) is 3. The first kappa shape index (κ1) is 20.8. The molecule has 0 radical (unpaired) electrons. The predicted molar refractivity (Wildman–Crippen MR) is 101 cm³/mol. The second-order valence-electron chi connectivity index (χ2n) is 6.73. The van der Waals surface area contributed by atoms with E-state index in [-0.39, 0.29) is 24.9 Å². The van der Waals surface area contributed by atoms with Crippen molar-refractivity contribution in [2.45, 2.75) is 39.0 Å². The Morgan fingerprint density at radius 1 is 1.25 bits per heavy atom. The summed E-state index contributed by atoms with van der Waals surface area (Å²) in [5, 5.41) is 3.20. The fraction of sp³-hybridized carbons (Fsp3) is 0.632. The van der Waals surface area contributed by atoms with Gasteiger partial charge in [-0.1, -0.05) is 26.0 Å². The number of carbonyl (C=O) groups is 1. The number of amides is 1. The van der Waals surface area contributed by atoms with Crippen LogP contribution in [0.25, 0.3) is 0 Å². The fourth-order valence-electron chi connectivity index (χ4n) is 3.00. The number of likely N-dealkylation sites (tertiary alicyclic amines) is 1. The maximum absolute atomic E-state index is 12.3. The molecule has 2 rings (SSSR count). The first-order valence-corrected chi connectivity index (χ1v) is 8.75. The monoisotopic (exact) mass is 354 g/mol. The highest BCUT2D eigenvalue weighted by Gasteiger charge is 2.22. The quantitative estimate of drug-likeness (QED) is 0.815. The smallest absolute Gasteiger partial charge is 0.260 e. The van der Waals surface area contributed by atoms with Crippen LogP contribution in [0.1, 0.15) is 44.6 Å². The van der Waals surface area contributed by atoms with Gasteiger partial charge >= 0.3 is 0 Å². The number of nitrogens with zero attached hydrogens (tertiary/aromatic N) is 1. The van der Waals surface area contributed by atoms with Gasteiger partial charge in [0.15, 0.2) is 6.61 Å². The molecule has 1 saturated heterocycles. The van der Waals surface area contributed by atoms with E-state index in [1.807, 2.05) is 24.1 Å². The van der Waals surface area contributed by atoms with E-state index in [1.165, 1.54) is 12.0 Å². The van der Waals surface area contributed by atoms with Crippen LogP contribution in [0.2, 0.25) is 0 Å². The first-order chi connectivity index (χ1) is 11.1. The number of nitrogens with one attached hydrogen (secondary N) is 1. The number of rotatable bonds is 7. The zero-order valence-corrected chi connectivity index (χ0v) is 15.9. The summed E-state index contributed by atoms with van der Waals surface area (Å²) in [4.78, 5) is 14.2. The van der Waals surface area contributed by atoms with Gasteiger partial charge < -0.3 is 15.0 Å².